The SMILES string of the molecule is CNC(CCCC1CCCO1)Cc1cccs1. The molecule has 1 N–H and O–H groups in total. The molecule has 2 heterocycles. The third kappa shape index (κ3) is 4.41. The fourth-order valence-electron chi connectivity index (χ4n) is 2.48. The molecular weight excluding hydrogens is 230 g/mol. The zero-order chi connectivity index (χ0) is 11.9. The maximum Gasteiger partial charge on any atom is 0.0576 e. The summed E-state index contributed by atoms with van der Waals surface area (Å²) in [7, 11) is 2.07. The molecule has 1 aromatic rings. The van der Waals surface area contributed by atoms with E-state index in [1.54, 1.807) is 0 Å². The number of thiophene rings is 1. The Morgan fingerprint density at radius 2 is 2.53 bits per heavy atom. The normalized spacial score (nSPS) is 21.8. The van der Waals surface area contributed by atoms with Gasteiger partial charge in [-0.05, 0) is 57.0 Å². The van der Waals surface area contributed by atoms with Crippen LogP contribution in [-0.2, 0) is 11.2 Å². The van der Waals surface area contributed by atoms with E-state index in [2.05, 4.69) is 29.9 Å². The van der Waals surface area contributed by atoms with E-state index >= 15 is 0 Å². The van der Waals surface area contributed by atoms with Crippen LogP contribution in [0, 0.1) is 0 Å². The smallest absolute Gasteiger partial charge is 0.0576 e. The predicted octanol–water partition coefficient (Wildman–Crippen LogP) is 3.23. The van der Waals surface area contributed by atoms with Gasteiger partial charge in [0, 0.05) is 17.5 Å². The molecule has 0 radical (unpaired) electrons. The van der Waals surface area contributed by atoms with Crippen LogP contribution in [-0.4, -0.2) is 25.8 Å². The molecule has 1 aromatic heterocycles. The average Bonchev–Trinajstić information content (AvgIpc) is 3.00. The van der Waals surface area contributed by atoms with Gasteiger partial charge in [0.1, 0.15) is 0 Å². The second-order valence-electron chi connectivity index (χ2n) is 4.84. The average molecular weight is 253 g/mol. The summed E-state index contributed by atoms with van der Waals surface area (Å²) in [5.74, 6) is 0. The third-order valence-electron chi connectivity index (χ3n) is 3.54. The van der Waals surface area contributed by atoms with Gasteiger partial charge >= 0.3 is 0 Å². The van der Waals surface area contributed by atoms with Crippen LogP contribution in [0.3, 0.4) is 0 Å². The highest BCUT2D eigenvalue weighted by Gasteiger charge is 2.16. The largest absolute Gasteiger partial charge is 0.378 e. The summed E-state index contributed by atoms with van der Waals surface area (Å²) in [6.07, 6.45) is 8.03. The van der Waals surface area contributed by atoms with E-state index in [1.807, 2.05) is 11.3 Å². The highest BCUT2D eigenvalue weighted by molar-refractivity contribution is 7.09. The molecule has 0 amide bonds. The minimum Gasteiger partial charge on any atom is -0.378 e. The third-order valence-corrected chi connectivity index (χ3v) is 4.44. The predicted molar refractivity (Wildman–Crippen MR) is 73.7 cm³/mol. The van der Waals surface area contributed by atoms with Gasteiger partial charge in [-0.15, -0.1) is 11.3 Å². The Morgan fingerprint density at radius 1 is 1.59 bits per heavy atom. The van der Waals surface area contributed by atoms with E-state index in [0.29, 0.717) is 12.1 Å². The summed E-state index contributed by atoms with van der Waals surface area (Å²) in [5.41, 5.74) is 0. The quantitative estimate of drug-likeness (QED) is 0.805. The van der Waals surface area contributed by atoms with Gasteiger partial charge in [0.2, 0.25) is 0 Å². The Morgan fingerprint density at radius 3 is 3.18 bits per heavy atom. The number of hydrogen-bond donors (Lipinski definition) is 1. The lowest BCUT2D eigenvalue weighted by molar-refractivity contribution is 0.101. The van der Waals surface area contributed by atoms with Gasteiger partial charge in [0.25, 0.3) is 0 Å². The molecule has 96 valence electrons. The van der Waals surface area contributed by atoms with Crippen molar-refractivity contribution in [1.82, 2.24) is 5.32 Å². The molecule has 1 aliphatic rings. The van der Waals surface area contributed by atoms with Gasteiger partial charge in [-0.2, -0.15) is 0 Å². The van der Waals surface area contributed by atoms with Crippen molar-refractivity contribution < 1.29 is 4.74 Å². The van der Waals surface area contributed by atoms with Crippen LogP contribution < -0.4 is 5.32 Å². The molecule has 0 bridgehead atoms. The molecule has 17 heavy (non-hydrogen) atoms. The minimum atomic E-state index is 0.550. The van der Waals surface area contributed by atoms with Crippen LogP contribution >= 0.6 is 11.3 Å². The Kier molecular flexibility index (Phi) is 5.49. The second-order valence-corrected chi connectivity index (χ2v) is 5.87. The van der Waals surface area contributed by atoms with Crippen LogP contribution in [0.4, 0.5) is 0 Å². The Labute approximate surface area is 108 Å². The first kappa shape index (κ1) is 13.1. The number of ether oxygens (including phenoxy) is 1. The molecule has 1 saturated heterocycles. The molecule has 0 saturated carbocycles. The number of hydrogen-bond acceptors (Lipinski definition) is 3. The Hall–Kier alpha value is -0.380. The summed E-state index contributed by atoms with van der Waals surface area (Å²) >= 11 is 1.86. The maximum absolute atomic E-state index is 5.66. The van der Waals surface area contributed by atoms with Crippen LogP contribution in [0.1, 0.15) is 37.0 Å². The van der Waals surface area contributed by atoms with Crippen LogP contribution in [0.15, 0.2) is 17.5 Å². The van der Waals surface area contributed by atoms with Crippen molar-refractivity contribution in [2.24, 2.45) is 0 Å². The van der Waals surface area contributed by atoms with Gasteiger partial charge in [-0.3, -0.25) is 0 Å². The maximum atomic E-state index is 5.66. The molecule has 0 spiro atoms. The molecule has 1 fully saturated rings. The summed E-state index contributed by atoms with van der Waals surface area (Å²) in [5, 5.41) is 5.59. The van der Waals surface area contributed by atoms with E-state index in [-0.39, 0.29) is 0 Å². The minimum absolute atomic E-state index is 0.550. The highest BCUT2D eigenvalue weighted by atomic mass is 32.1. The van der Waals surface area contributed by atoms with Gasteiger partial charge < -0.3 is 10.1 Å². The van der Waals surface area contributed by atoms with E-state index in [1.165, 1.54) is 43.4 Å². The standard InChI is InChI=1S/C14H23NOS/c1-15-12(11-14-8-4-10-17-14)5-2-6-13-7-3-9-16-13/h4,8,10,12-13,15H,2-3,5-7,9,11H2,1H3. The van der Waals surface area contributed by atoms with Crippen LogP contribution in [0.5, 0.6) is 0 Å². The molecular formula is C14H23NOS. The van der Waals surface area contributed by atoms with Crippen molar-refractivity contribution >= 4 is 11.3 Å². The van der Waals surface area contributed by atoms with E-state index in [0.717, 1.165) is 6.61 Å². The summed E-state index contributed by atoms with van der Waals surface area (Å²) in [4.78, 5) is 1.49. The van der Waals surface area contributed by atoms with Crippen LogP contribution in [0.2, 0.25) is 0 Å². The van der Waals surface area contributed by atoms with Gasteiger partial charge in [-0.1, -0.05) is 6.07 Å². The first-order valence-electron chi connectivity index (χ1n) is 6.69. The van der Waals surface area contributed by atoms with Crippen molar-refractivity contribution in [1.29, 1.82) is 0 Å². The molecule has 0 aliphatic carbocycles. The molecule has 0 aromatic carbocycles. The number of nitrogens with one attached hydrogen (secondary N) is 1. The molecule has 2 nitrogen and oxygen atoms in total. The van der Waals surface area contributed by atoms with Crippen molar-refractivity contribution in [3.63, 3.8) is 0 Å². The van der Waals surface area contributed by atoms with Crippen molar-refractivity contribution in [3.05, 3.63) is 22.4 Å². The Balaban J connectivity index is 1.64. The number of rotatable bonds is 7. The molecule has 1 aliphatic heterocycles. The lowest BCUT2D eigenvalue weighted by Gasteiger charge is -2.16. The Bertz CT molecular complexity index is 293. The van der Waals surface area contributed by atoms with Gasteiger partial charge in [0.05, 0.1) is 6.10 Å². The first-order chi connectivity index (χ1) is 8.38. The lowest BCUT2D eigenvalue weighted by Crippen LogP contribution is -2.27. The van der Waals surface area contributed by atoms with Gasteiger partial charge in [0.15, 0.2) is 0 Å². The summed E-state index contributed by atoms with van der Waals surface area (Å²) in [6.45, 7) is 0.981. The topological polar surface area (TPSA) is 21.3 Å². The van der Waals surface area contributed by atoms with Crippen molar-refractivity contribution in [2.45, 2.75) is 50.7 Å². The lowest BCUT2D eigenvalue weighted by atomic mass is 10.0. The van der Waals surface area contributed by atoms with E-state index in [9.17, 15) is 0 Å². The zero-order valence-corrected chi connectivity index (χ0v) is 11.5. The molecule has 2 rings (SSSR count). The van der Waals surface area contributed by atoms with Crippen LogP contribution in [0.25, 0.3) is 0 Å². The zero-order valence-electron chi connectivity index (χ0n) is 10.7. The molecule has 3 heteroatoms. The summed E-state index contributed by atoms with van der Waals surface area (Å²) < 4.78 is 5.66. The van der Waals surface area contributed by atoms with E-state index < -0.39 is 0 Å². The van der Waals surface area contributed by atoms with Crippen molar-refractivity contribution in [3.8, 4) is 0 Å². The first-order valence-corrected chi connectivity index (χ1v) is 7.57. The number of likely N-dealkylation sites (N-methyl/N-ethyl adjacent to an activating group) is 1. The van der Waals surface area contributed by atoms with E-state index in [4.69, 9.17) is 4.74 Å². The fourth-order valence-corrected chi connectivity index (χ4v) is 3.27. The molecule has 2 unspecified atom stereocenters. The van der Waals surface area contributed by atoms with Crippen molar-refractivity contribution in [2.75, 3.05) is 13.7 Å². The highest BCUT2D eigenvalue weighted by Crippen LogP contribution is 2.19. The van der Waals surface area contributed by atoms with Gasteiger partial charge in [-0.25, -0.2) is 0 Å². The second kappa shape index (κ2) is 7.14. The monoisotopic (exact) mass is 253 g/mol. The molecule has 2 atom stereocenters. The summed E-state index contributed by atoms with van der Waals surface area (Å²) in [6, 6.07) is 4.99. The fraction of sp³-hybridized carbons (Fsp3) is 0.714.